The van der Waals surface area contributed by atoms with Crippen molar-refractivity contribution in [2.45, 2.75) is 18.8 Å². The maximum Gasteiger partial charge on any atom is 0.305 e. The molecule has 0 radical (unpaired) electrons. The van der Waals surface area contributed by atoms with E-state index >= 15 is 0 Å². The summed E-state index contributed by atoms with van der Waals surface area (Å²) in [5.41, 5.74) is 2.59. The average molecular weight is 202 g/mol. The number of rotatable bonds is 3. The van der Waals surface area contributed by atoms with Gasteiger partial charge in [-0.2, -0.15) is 0 Å². The molecular formula is C13H14O2. The Morgan fingerprint density at radius 3 is 3.00 bits per heavy atom. The van der Waals surface area contributed by atoms with Crippen molar-refractivity contribution in [3.05, 3.63) is 41.5 Å². The summed E-state index contributed by atoms with van der Waals surface area (Å²) in [7, 11) is 1.43. The highest BCUT2D eigenvalue weighted by atomic mass is 16.5. The van der Waals surface area contributed by atoms with E-state index in [1.807, 2.05) is 12.1 Å². The summed E-state index contributed by atoms with van der Waals surface area (Å²) in [5, 5.41) is 0. The molecule has 0 saturated carbocycles. The van der Waals surface area contributed by atoms with Crippen molar-refractivity contribution in [3.8, 4) is 0 Å². The molecule has 0 N–H and O–H groups in total. The molecule has 0 spiro atoms. The van der Waals surface area contributed by atoms with Gasteiger partial charge < -0.3 is 4.74 Å². The minimum Gasteiger partial charge on any atom is -0.469 e. The number of hydrogen-bond acceptors (Lipinski definition) is 2. The van der Waals surface area contributed by atoms with E-state index in [1.165, 1.54) is 18.2 Å². The van der Waals surface area contributed by atoms with Crippen LogP contribution in [0.2, 0.25) is 0 Å². The smallest absolute Gasteiger partial charge is 0.305 e. The third-order valence-electron chi connectivity index (χ3n) is 2.79. The van der Waals surface area contributed by atoms with Crippen LogP contribution in [-0.2, 0) is 9.53 Å². The van der Waals surface area contributed by atoms with E-state index in [-0.39, 0.29) is 5.97 Å². The van der Waals surface area contributed by atoms with E-state index < -0.39 is 0 Å². The van der Waals surface area contributed by atoms with Gasteiger partial charge in [-0.1, -0.05) is 36.4 Å². The number of carbonyl (C=O) groups excluding carboxylic acids is 1. The summed E-state index contributed by atoms with van der Waals surface area (Å²) in [5.74, 6) is 0.244. The summed E-state index contributed by atoms with van der Waals surface area (Å²) in [4.78, 5) is 11.0. The molecule has 1 aromatic carbocycles. The van der Waals surface area contributed by atoms with Crippen LogP contribution in [0.3, 0.4) is 0 Å². The molecule has 78 valence electrons. The van der Waals surface area contributed by atoms with Crippen molar-refractivity contribution in [2.24, 2.45) is 0 Å². The van der Waals surface area contributed by atoms with Crippen molar-refractivity contribution >= 4 is 12.0 Å². The maximum atomic E-state index is 11.0. The topological polar surface area (TPSA) is 26.3 Å². The Bertz CT molecular complexity index is 393. The fourth-order valence-corrected chi connectivity index (χ4v) is 1.95. The van der Waals surface area contributed by atoms with E-state index in [0.29, 0.717) is 12.3 Å². The average Bonchev–Trinajstić information content (AvgIpc) is 2.69. The number of ether oxygens (including phenoxy) is 1. The second-order valence-electron chi connectivity index (χ2n) is 3.71. The lowest BCUT2D eigenvalue weighted by molar-refractivity contribution is -0.140. The van der Waals surface area contributed by atoms with E-state index in [2.05, 4.69) is 29.0 Å². The Hall–Kier alpha value is -1.57. The molecule has 1 aliphatic carbocycles. The number of allylic oxidation sites excluding steroid dienone is 1. The highest BCUT2D eigenvalue weighted by Gasteiger charge is 2.17. The van der Waals surface area contributed by atoms with Crippen LogP contribution in [0.4, 0.5) is 0 Å². The molecule has 0 heterocycles. The number of esters is 1. The zero-order valence-corrected chi connectivity index (χ0v) is 8.77. The Kier molecular flexibility index (Phi) is 2.86. The number of benzene rings is 1. The van der Waals surface area contributed by atoms with Gasteiger partial charge in [0.25, 0.3) is 0 Å². The fourth-order valence-electron chi connectivity index (χ4n) is 1.95. The molecule has 2 nitrogen and oxygen atoms in total. The van der Waals surface area contributed by atoms with Gasteiger partial charge in [-0.3, -0.25) is 4.79 Å². The van der Waals surface area contributed by atoms with Gasteiger partial charge in [0.2, 0.25) is 0 Å². The molecule has 0 bridgehead atoms. The lowest BCUT2D eigenvalue weighted by Gasteiger charge is -2.09. The molecule has 1 unspecified atom stereocenters. The first kappa shape index (κ1) is 9.97. The van der Waals surface area contributed by atoms with E-state index in [4.69, 9.17) is 0 Å². The minimum atomic E-state index is -0.132. The van der Waals surface area contributed by atoms with Crippen molar-refractivity contribution in [2.75, 3.05) is 7.11 Å². The molecular weight excluding hydrogens is 188 g/mol. The first-order chi connectivity index (χ1) is 7.31. The van der Waals surface area contributed by atoms with Crippen LogP contribution in [0.15, 0.2) is 30.3 Å². The Morgan fingerprint density at radius 2 is 2.20 bits per heavy atom. The largest absolute Gasteiger partial charge is 0.469 e. The van der Waals surface area contributed by atoms with Gasteiger partial charge in [0, 0.05) is 12.3 Å². The van der Waals surface area contributed by atoms with Gasteiger partial charge in [0.05, 0.1) is 7.11 Å². The normalized spacial score (nSPS) is 17.5. The minimum absolute atomic E-state index is 0.132. The summed E-state index contributed by atoms with van der Waals surface area (Å²) >= 11 is 0. The lowest BCUT2D eigenvalue weighted by Crippen LogP contribution is -2.03. The highest BCUT2D eigenvalue weighted by molar-refractivity contribution is 5.70. The summed E-state index contributed by atoms with van der Waals surface area (Å²) in [6.45, 7) is 0. The van der Waals surface area contributed by atoms with Crippen molar-refractivity contribution in [1.82, 2.24) is 0 Å². The predicted octanol–water partition coefficient (Wildman–Crippen LogP) is 2.75. The maximum absolute atomic E-state index is 11.0. The SMILES string of the molecule is COC(=O)CCC1C=Cc2ccccc21. The monoisotopic (exact) mass is 202 g/mol. The quantitative estimate of drug-likeness (QED) is 0.704. The number of hydrogen-bond donors (Lipinski definition) is 0. The number of fused-ring (bicyclic) bond motifs is 1. The lowest BCUT2D eigenvalue weighted by atomic mass is 9.96. The van der Waals surface area contributed by atoms with E-state index in [9.17, 15) is 4.79 Å². The molecule has 1 aromatic rings. The van der Waals surface area contributed by atoms with Crippen LogP contribution in [-0.4, -0.2) is 13.1 Å². The van der Waals surface area contributed by atoms with Gasteiger partial charge in [-0.05, 0) is 17.5 Å². The Balaban J connectivity index is 2.02. The van der Waals surface area contributed by atoms with Gasteiger partial charge in [0.15, 0.2) is 0 Å². The molecule has 0 amide bonds. The molecule has 0 fully saturated rings. The molecule has 2 heteroatoms. The third kappa shape index (κ3) is 2.09. The van der Waals surface area contributed by atoms with Crippen molar-refractivity contribution in [3.63, 3.8) is 0 Å². The molecule has 0 aliphatic heterocycles. The molecule has 0 aromatic heterocycles. The van der Waals surface area contributed by atoms with Crippen LogP contribution in [0.1, 0.15) is 29.9 Å². The van der Waals surface area contributed by atoms with Crippen LogP contribution in [0.25, 0.3) is 6.08 Å². The second-order valence-corrected chi connectivity index (χ2v) is 3.71. The highest BCUT2D eigenvalue weighted by Crippen LogP contribution is 2.32. The van der Waals surface area contributed by atoms with Crippen LogP contribution in [0.5, 0.6) is 0 Å². The summed E-state index contributed by atoms with van der Waals surface area (Å²) in [6, 6.07) is 8.30. The van der Waals surface area contributed by atoms with Gasteiger partial charge in [-0.15, -0.1) is 0 Å². The second kappa shape index (κ2) is 4.30. The van der Waals surface area contributed by atoms with Crippen molar-refractivity contribution < 1.29 is 9.53 Å². The van der Waals surface area contributed by atoms with Crippen LogP contribution >= 0.6 is 0 Å². The van der Waals surface area contributed by atoms with Gasteiger partial charge >= 0.3 is 5.97 Å². The van der Waals surface area contributed by atoms with Gasteiger partial charge in [-0.25, -0.2) is 0 Å². The fraction of sp³-hybridized carbons (Fsp3) is 0.308. The molecule has 1 aliphatic rings. The first-order valence-corrected chi connectivity index (χ1v) is 5.15. The molecule has 15 heavy (non-hydrogen) atoms. The predicted molar refractivity (Wildman–Crippen MR) is 59.5 cm³/mol. The molecule has 1 atom stereocenters. The van der Waals surface area contributed by atoms with Crippen LogP contribution < -0.4 is 0 Å². The first-order valence-electron chi connectivity index (χ1n) is 5.15. The molecule has 0 saturated heterocycles. The van der Waals surface area contributed by atoms with E-state index in [1.54, 1.807) is 0 Å². The number of methoxy groups -OCH3 is 1. The summed E-state index contributed by atoms with van der Waals surface area (Å²) < 4.78 is 4.63. The Labute approximate surface area is 89.6 Å². The zero-order chi connectivity index (χ0) is 10.7. The summed E-state index contributed by atoms with van der Waals surface area (Å²) in [6.07, 6.45) is 5.60. The molecule has 2 rings (SSSR count). The van der Waals surface area contributed by atoms with Crippen LogP contribution in [0, 0.1) is 0 Å². The third-order valence-corrected chi connectivity index (χ3v) is 2.79. The standard InChI is InChI=1S/C13H14O2/c1-15-13(14)9-8-11-7-6-10-4-2-3-5-12(10)11/h2-7,11H,8-9H2,1H3. The number of carbonyl (C=O) groups is 1. The van der Waals surface area contributed by atoms with Crippen molar-refractivity contribution in [1.29, 1.82) is 0 Å². The van der Waals surface area contributed by atoms with E-state index in [0.717, 1.165) is 6.42 Å². The zero-order valence-electron chi connectivity index (χ0n) is 8.77. The Morgan fingerprint density at radius 1 is 1.40 bits per heavy atom. The van der Waals surface area contributed by atoms with Gasteiger partial charge in [0.1, 0.15) is 0 Å².